The fraction of sp³-hybridized carbons (Fsp3) is 0.120. The van der Waals surface area contributed by atoms with Crippen molar-refractivity contribution >= 4 is 17.4 Å². The fourth-order valence-electron chi connectivity index (χ4n) is 2.98. The molecule has 0 fully saturated rings. The number of halogens is 1. The summed E-state index contributed by atoms with van der Waals surface area (Å²) >= 11 is 6.07. The summed E-state index contributed by atoms with van der Waals surface area (Å²) in [5, 5.41) is 0.384. The normalized spacial score (nSPS) is 10.5. The van der Waals surface area contributed by atoms with Crippen molar-refractivity contribution in [1.82, 2.24) is 15.4 Å². The molecule has 6 nitrogen and oxygen atoms in total. The first-order chi connectivity index (χ1) is 15.8. The van der Waals surface area contributed by atoms with E-state index in [9.17, 15) is 0 Å². The van der Waals surface area contributed by atoms with Gasteiger partial charge >= 0.3 is 0 Å². The highest BCUT2D eigenvalue weighted by molar-refractivity contribution is 6.29. The maximum absolute atomic E-state index is 6.07. The monoisotopic (exact) mass is 446 g/mol. The summed E-state index contributed by atoms with van der Waals surface area (Å²) in [6, 6.07) is 25.4. The van der Waals surface area contributed by atoms with Crippen LogP contribution in [0.15, 0.2) is 91.3 Å². The number of ether oxygens (including phenoxy) is 2. The fourth-order valence-corrected chi connectivity index (χ4v) is 3.13. The quantitative estimate of drug-likeness (QED) is 0.251. The second-order valence-electron chi connectivity index (χ2n) is 7.02. The molecular weight excluding hydrogens is 424 g/mol. The summed E-state index contributed by atoms with van der Waals surface area (Å²) in [6.07, 6.45) is 3.40. The zero-order valence-electron chi connectivity index (χ0n) is 17.4. The Morgan fingerprint density at radius 1 is 0.781 bits per heavy atom. The largest absolute Gasteiger partial charge is 0.489 e. The highest BCUT2D eigenvalue weighted by Crippen LogP contribution is 2.23. The molecule has 32 heavy (non-hydrogen) atoms. The van der Waals surface area contributed by atoms with Crippen molar-refractivity contribution < 1.29 is 9.47 Å². The van der Waals surface area contributed by atoms with Gasteiger partial charge in [-0.15, -0.1) is 0 Å². The zero-order chi connectivity index (χ0) is 22.0. The van der Waals surface area contributed by atoms with Gasteiger partial charge in [0.25, 0.3) is 0 Å². The van der Waals surface area contributed by atoms with Gasteiger partial charge in [-0.25, -0.2) is 15.4 Å². The second kappa shape index (κ2) is 11.1. The molecule has 4 aromatic rings. The van der Waals surface area contributed by atoms with Gasteiger partial charge in [-0.3, -0.25) is 0 Å². The van der Waals surface area contributed by atoms with Crippen LogP contribution < -0.4 is 20.3 Å². The van der Waals surface area contributed by atoms with Crippen molar-refractivity contribution in [3.63, 3.8) is 0 Å². The van der Waals surface area contributed by atoms with Crippen LogP contribution in [-0.2, 0) is 19.8 Å². The first-order valence-electron chi connectivity index (χ1n) is 10.2. The van der Waals surface area contributed by atoms with E-state index in [2.05, 4.69) is 20.8 Å². The highest BCUT2D eigenvalue weighted by atomic mass is 35.5. The van der Waals surface area contributed by atoms with E-state index < -0.39 is 0 Å². The Kier molecular flexibility index (Phi) is 7.52. The van der Waals surface area contributed by atoms with Crippen LogP contribution in [0.4, 0.5) is 5.82 Å². The maximum atomic E-state index is 6.07. The zero-order valence-corrected chi connectivity index (χ0v) is 18.1. The Hall–Kier alpha value is -3.61. The third-order valence-electron chi connectivity index (χ3n) is 4.62. The lowest BCUT2D eigenvalue weighted by Crippen LogP contribution is -2.22. The Morgan fingerprint density at radius 3 is 2.19 bits per heavy atom. The third kappa shape index (κ3) is 6.44. The Balaban J connectivity index is 1.32. The lowest BCUT2D eigenvalue weighted by atomic mass is 10.2. The molecule has 2 heterocycles. The summed E-state index contributed by atoms with van der Waals surface area (Å²) in [5.41, 5.74) is 9.29. The summed E-state index contributed by atoms with van der Waals surface area (Å²) in [5.74, 6) is 2.05. The molecular formula is C25H23ClN4O2. The average molecular weight is 447 g/mol. The highest BCUT2D eigenvalue weighted by Gasteiger charge is 2.07. The Labute approximate surface area is 192 Å². The molecule has 0 radical (unpaired) electrons. The summed E-state index contributed by atoms with van der Waals surface area (Å²) in [4.78, 5) is 8.49. The second-order valence-corrected chi connectivity index (χ2v) is 7.41. The van der Waals surface area contributed by atoms with Gasteiger partial charge in [0, 0.05) is 36.6 Å². The molecule has 0 unspecified atom stereocenters. The van der Waals surface area contributed by atoms with Crippen LogP contribution in [0.1, 0.15) is 16.7 Å². The van der Waals surface area contributed by atoms with E-state index in [-0.39, 0.29) is 0 Å². The molecule has 0 atom stereocenters. The van der Waals surface area contributed by atoms with Crippen molar-refractivity contribution in [3.05, 3.63) is 113 Å². The van der Waals surface area contributed by atoms with Crippen molar-refractivity contribution in [1.29, 1.82) is 0 Å². The predicted octanol–water partition coefficient (Wildman–Crippen LogP) is 5.40. The van der Waals surface area contributed by atoms with Crippen LogP contribution in [0.5, 0.6) is 11.5 Å². The minimum absolute atomic E-state index is 0.384. The standard InChI is InChI=1S/C25H23ClN4O2/c26-24-14-23(32-18-20-9-5-2-6-10-20)21(15-28-24)16-29-30-25-13-22(11-12-27-25)31-17-19-7-3-1-4-8-19/h1-15,29H,16-18H2,(H,27,30). The number of hydrogen-bond acceptors (Lipinski definition) is 6. The molecule has 0 aliphatic carbocycles. The molecule has 0 saturated carbocycles. The lowest BCUT2D eigenvalue weighted by molar-refractivity contribution is 0.302. The molecule has 0 amide bonds. The van der Waals surface area contributed by atoms with Crippen LogP contribution in [0.2, 0.25) is 5.15 Å². The third-order valence-corrected chi connectivity index (χ3v) is 4.83. The molecule has 4 rings (SSSR count). The van der Waals surface area contributed by atoms with Crippen LogP contribution in [0, 0.1) is 0 Å². The van der Waals surface area contributed by atoms with Crippen LogP contribution in [0.3, 0.4) is 0 Å². The molecule has 0 aliphatic heterocycles. The number of rotatable bonds is 10. The molecule has 0 aliphatic rings. The molecule has 162 valence electrons. The SMILES string of the molecule is Clc1cc(OCc2ccccc2)c(CNNc2cc(OCc3ccccc3)ccn2)cn1. The number of anilines is 1. The van der Waals surface area contributed by atoms with Crippen molar-refractivity contribution in [3.8, 4) is 11.5 Å². The number of aromatic nitrogens is 2. The summed E-state index contributed by atoms with van der Waals surface area (Å²) in [6.45, 7) is 1.41. The molecule has 2 aromatic carbocycles. The average Bonchev–Trinajstić information content (AvgIpc) is 2.84. The van der Waals surface area contributed by atoms with Crippen LogP contribution in [0.25, 0.3) is 0 Å². The van der Waals surface area contributed by atoms with Gasteiger partial charge in [-0.2, -0.15) is 0 Å². The van der Waals surface area contributed by atoms with Gasteiger partial charge < -0.3 is 14.9 Å². The number of nitrogens with one attached hydrogen (secondary N) is 2. The van der Waals surface area contributed by atoms with E-state index in [1.165, 1.54) is 0 Å². The van der Waals surface area contributed by atoms with Crippen LogP contribution >= 0.6 is 11.6 Å². The van der Waals surface area contributed by atoms with E-state index in [1.54, 1.807) is 18.5 Å². The van der Waals surface area contributed by atoms with Crippen LogP contribution in [-0.4, -0.2) is 9.97 Å². The van der Waals surface area contributed by atoms with E-state index in [0.29, 0.717) is 36.5 Å². The van der Waals surface area contributed by atoms with Crippen molar-refractivity contribution in [2.45, 2.75) is 19.8 Å². The maximum Gasteiger partial charge on any atom is 0.143 e. The molecule has 2 N–H and O–H groups in total. The molecule has 0 spiro atoms. The predicted molar refractivity (Wildman–Crippen MR) is 125 cm³/mol. The smallest absolute Gasteiger partial charge is 0.143 e. The van der Waals surface area contributed by atoms with Gasteiger partial charge in [0.15, 0.2) is 0 Å². The van der Waals surface area contributed by atoms with Crippen molar-refractivity contribution in [2.75, 3.05) is 5.43 Å². The van der Waals surface area contributed by atoms with Gasteiger partial charge in [0.2, 0.25) is 0 Å². The summed E-state index contributed by atoms with van der Waals surface area (Å²) in [7, 11) is 0. The first-order valence-corrected chi connectivity index (χ1v) is 10.6. The summed E-state index contributed by atoms with van der Waals surface area (Å²) < 4.78 is 11.8. The molecule has 2 aromatic heterocycles. The number of benzene rings is 2. The number of hydrogen-bond donors (Lipinski definition) is 2. The minimum atomic E-state index is 0.384. The van der Waals surface area contributed by atoms with Gasteiger partial charge in [0.1, 0.15) is 35.7 Å². The van der Waals surface area contributed by atoms with Gasteiger partial charge in [-0.05, 0) is 17.2 Å². The minimum Gasteiger partial charge on any atom is -0.489 e. The Bertz CT molecular complexity index is 1130. The number of nitrogens with zero attached hydrogens (tertiary/aromatic N) is 2. The lowest BCUT2D eigenvalue weighted by Gasteiger charge is -2.14. The van der Waals surface area contributed by atoms with Gasteiger partial charge in [-0.1, -0.05) is 72.3 Å². The number of pyridine rings is 2. The molecule has 7 heteroatoms. The van der Waals surface area contributed by atoms with E-state index in [4.69, 9.17) is 21.1 Å². The van der Waals surface area contributed by atoms with Gasteiger partial charge in [0.05, 0.1) is 0 Å². The Morgan fingerprint density at radius 2 is 1.47 bits per heavy atom. The topological polar surface area (TPSA) is 68.3 Å². The first kappa shape index (κ1) is 21.6. The van der Waals surface area contributed by atoms with Crippen molar-refractivity contribution in [2.24, 2.45) is 0 Å². The van der Waals surface area contributed by atoms with E-state index >= 15 is 0 Å². The molecule has 0 bridgehead atoms. The molecule has 0 saturated heterocycles. The van der Waals surface area contributed by atoms with E-state index in [1.807, 2.05) is 72.8 Å². The number of hydrazine groups is 1. The van der Waals surface area contributed by atoms with E-state index in [0.717, 1.165) is 22.4 Å².